The van der Waals surface area contributed by atoms with Crippen LogP contribution in [0.1, 0.15) is 40.5 Å². The Morgan fingerprint density at radius 2 is 2.00 bits per heavy atom. The van der Waals surface area contributed by atoms with Crippen LogP contribution in [0.15, 0.2) is 30.5 Å². The van der Waals surface area contributed by atoms with Crippen LogP contribution in [0.3, 0.4) is 0 Å². The van der Waals surface area contributed by atoms with Crippen LogP contribution in [0.4, 0.5) is 0 Å². The van der Waals surface area contributed by atoms with Gasteiger partial charge in [-0.25, -0.2) is 0 Å². The van der Waals surface area contributed by atoms with Crippen molar-refractivity contribution in [2.24, 2.45) is 13.0 Å². The number of fused-ring (bicyclic) bond motifs is 1. The van der Waals surface area contributed by atoms with Crippen molar-refractivity contribution in [1.29, 1.82) is 0 Å². The van der Waals surface area contributed by atoms with E-state index >= 15 is 0 Å². The van der Waals surface area contributed by atoms with Gasteiger partial charge in [0.15, 0.2) is 0 Å². The molecule has 1 aromatic heterocycles. The van der Waals surface area contributed by atoms with Crippen molar-refractivity contribution in [3.05, 3.63) is 52.3 Å². The highest BCUT2D eigenvalue weighted by atomic mass is 35.5. The summed E-state index contributed by atoms with van der Waals surface area (Å²) in [6, 6.07) is 7.68. The second-order valence-electron chi connectivity index (χ2n) is 6.64. The van der Waals surface area contributed by atoms with Gasteiger partial charge in [-0.15, -0.1) is 0 Å². The van der Waals surface area contributed by atoms with Crippen molar-refractivity contribution < 1.29 is 9.59 Å². The number of rotatable bonds is 4. The van der Waals surface area contributed by atoms with Crippen LogP contribution in [-0.2, 0) is 18.3 Å². The molecule has 2 aromatic rings. The fourth-order valence-electron chi connectivity index (χ4n) is 3.72. The summed E-state index contributed by atoms with van der Waals surface area (Å²) < 4.78 is 1.76. The van der Waals surface area contributed by atoms with Gasteiger partial charge in [0.05, 0.1) is 23.0 Å². The van der Waals surface area contributed by atoms with E-state index in [-0.39, 0.29) is 23.7 Å². The highest BCUT2D eigenvalue weighted by Crippen LogP contribution is 2.39. The Labute approximate surface area is 145 Å². The molecule has 5 nitrogen and oxygen atoms in total. The number of aromatic nitrogens is 2. The molecule has 0 radical (unpaired) electrons. The van der Waals surface area contributed by atoms with Crippen LogP contribution in [-0.4, -0.2) is 32.9 Å². The summed E-state index contributed by atoms with van der Waals surface area (Å²) in [4.78, 5) is 26.0. The molecule has 2 aliphatic rings. The first kappa shape index (κ1) is 15.4. The van der Waals surface area contributed by atoms with Crippen LogP contribution in [0.2, 0.25) is 5.02 Å². The van der Waals surface area contributed by atoms with E-state index < -0.39 is 0 Å². The summed E-state index contributed by atoms with van der Waals surface area (Å²) in [5, 5.41) is 4.81. The van der Waals surface area contributed by atoms with Crippen LogP contribution in [0.25, 0.3) is 0 Å². The van der Waals surface area contributed by atoms with Gasteiger partial charge in [0, 0.05) is 38.4 Å². The quantitative estimate of drug-likeness (QED) is 0.857. The third-order valence-corrected chi connectivity index (χ3v) is 5.39. The number of halogens is 1. The summed E-state index contributed by atoms with van der Waals surface area (Å²) in [5.74, 6) is 0.615. The van der Waals surface area contributed by atoms with E-state index in [4.69, 9.17) is 11.6 Å². The van der Waals surface area contributed by atoms with E-state index in [1.807, 2.05) is 36.2 Å². The summed E-state index contributed by atoms with van der Waals surface area (Å²) >= 11 is 6.27. The topological polar surface area (TPSA) is 55.2 Å². The summed E-state index contributed by atoms with van der Waals surface area (Å²) in [6.07, 6.45) is 3.42. The third kappa shape index (κ3) is 2.44. The van der Waals surface area contributed by atoms with Crippen molar-refractivity contribution in [1.82, 2.24) is 14.7 Å². The smallest absolute Gasteiger partial charge is 0.254 e. The van der Waals surface area contributed by atoms with Crippen LogP contribution >= 0.6 is 11.6 Å². The molecule has 1 amide bonds. The molecule has 1 atom stereocenters. The van der Waals surface area contributed by atoms with Gasteiger partial charge in [-0.1, -0.05) is 29.8 Å². The van der Waals surface area contributed by atoms with Crippen molar-refractivity contribution in [2.75, 3.05) is 6.54 Å². The maximum absolute atomic E-state index is 12.8. The Kier molecular flexibility index (Phi) is 3.68. The number of aryl methyl sites for hydroxylation is 1. The summed E-state index contributed by atoms with van der Waals surface area (Å²) in [5.41, 5.74) is 2.71. The Bertz CT molecular complexity index is 802. The molecule has 1 fully saturated rings. The molecule has 0 bridgehead atoms. The third-order valence-electron chi connectivity index (χ3n) is 5.07. The number of benzene rings is 1. The number of nitrogens with zero attached hydrogens (tertiary/aromatic N) is 3. The average molecular weight is 344 g/mol. The molecule has 24 heavy (non-hydrogen) atoms. The second-order valence-corrected chi connectivity index (χ2v) is 7.05. The predicted octanol–water partition coefficient (Wildman–Crippen LogP) is 2.79. The number of hydrogen-bond donors (Lipinski definition) is 0. The van der Waals surface area contributed by atoms with Gasteiger partial charge < -0.3 is 4.90 Å². The first-order valence-corrected chi connectivity index (χ1v) is 8.50. The second kappa shape index (κ2) is 5.74. The number of ketones is 1. The Hall–Kier alpha value is -2.14. The maximum Gasteiger partial charge on any atom is 0.254 e. The van der Waals surface area contributed by atoms with Gasteiger partial charge in [-0.3, -0.25) is 14.3 Å². The number of hydrogen-bond acceptors (Lipinski definition) is 3. The van der Waals surface area contributed by atoms with E-state index in [0.717, 1.165) is 16.8 Å². The molecule has 1 saturated carbocycles. The molecule has 0 saturated heterocycles. The zero-order valence-corrected chi connectivity index (χ0v) is 14.2. The molecule has 6 heteroatoms. The lowest BCUT2D eigenvalue weighted by molar-refractivity contribution is -0.127. The van der Waals surface area contributed by atoms with Gasteiger partial charge in [0.1, 0.15) is 5.78 Å². The lowest BCUT2D eigenvalue weighted by Crippen LogP contribution is -2.39. The molecule has 1 aliphatic heterocycles. The normalized spacial score (nSPS) is 20.4. The molecular formula is C18H18ClN3O2. The van der Waals surface area contributed by atoms with E-state index in [2.05, 4.69) is 5.10 Å². The SMILES string of the molecule is Cn1ncc(Cl)c1CC1c2ccccc2C(=O)N1CC1CC(=O)C1. The molecule has 1 unspecified atom stereocenters. The highest BCUT2D eigenvalue weighted by molar-refractivity contribution is 6.31. The number of carbonyl (C=O) groups is 2. The fraction of sp³-hybridized carbons (Fsp3) is 0.389. The summed E-state index contributed by atoms with van der Waals surface area (Å²) in [7, 11) is 1.86. The minimum atomic E-state index is -0.0581. The monoisotopic (exact) mass is 343 g/mol. The lowest BCUT2D eigenvalue weighted by atomic mass is 9.83. The van der Waals surface area contributed by atoms with Crippen LogP contribution < -0.4 is 0 Å². The fourth-order valence-corrected chi connectivity index (χ4v) is 3.96. The van der Waals surface area contributed by atoms with Crippen molar-refractivity contribution >= 4 is 23.3 Å². The minimum absolute atomic E-state index is 0.0493. The number of amides is 1. The van der Waals surface area contributed by atoms with Gasteiger partial charge >= 0.3 is 0 Å². The van der Waals surface area contributed by atoms with E-state index in [1.54, 1.807) is 10.9 Å². The first-order valence-electron chi connectivity index (χ1n) is 8.12. The van der Waals surface area contributed by atoms with Crippen molar-refractivity contribution in [3.8, 4) is 0 Å². The Morgan fingerprint density at radius 1 is 1.25 bits per heavy atom. The zero-order chi connectivity index (χ0) is 16.8. The predicted molar refractivity (Wildman–Crippen MR) is 89.9 cm³/mol. The molecule has 1 aliphatic carbocycles. The van der Waals surface area contributed by atoms with Gasteiger partial charge in [0.2, 0.25) is 0 Å². The van der Waals surface area contributed by atoms with E-state index in [9.17, 15) is 9.59 Å². The molecule has 124 valence electrons. The molecule has 1 aromatic carbocycles. The number of Topliss-reactive ketones (excluding diaryl/α,β-unsaturated/α-hetero) is 1. The molecule has 0 N–H and O–H groups in total. The molecule has 4 rings (SSSR count). The molecule has 2 heterocycles. The molecular weight excluding hydrogens is 326 g/mol. The molecule has 0 spiro atoms. The summed E-state index contributed by atoms with van der Waals surface area (Å²) in [6.45, 7) is 0.624. The minimum Gasteiger partial charge on any atom is -0.331 e. The van der Waals surface area contributed by atoms with Crippen molar-refractivity contribution in [2.45, 2.75) is 25.3 Å². The maximum atomic E-state index is 12.8. The van der Waals surface area contributed by atoms with Gasteiger partial charge in [-0.05, 0) is 17.5 Å². The van der Waals surface area contributed by atoms with E-state index in [1.165, 1.54) is 0 Å². The van der Waals surface area contributed by atoms with Crippen LogP contribution in [0.5, 0.6) is 0 Å². The number of carbonyl (C=O) groups excluding carboxylic acids is 2. The Balaban J connectivity index is 1.66. The largest absolute Gasteiger partial charge is 0.331 e. The van der Waals surface area contributed by atoms with Crippen LogP contribution in [0, 0.1) is 5.92 Å². The lowest BCUT2D eigenvalue weighted by Gasteiger charge is -2.33. The van der Waals surface area contributed by atoms with E-state index in [0.29, 0.717) is 30.8 Å². The van der Waals surface area contributed by atoms with Gasteiger partial charge in [-0.2, -0.15) is 5.10 Å². The Morgan fingerprint density at radius 3 is 2.67 bits per heavy atom. The average Bonchev–Trinajstić information content (AvgIpc) is 2.99. The standard InChI is InChI=1S/C18H18ClN3O2/c1-21-17(15(19)9-20-21)8-16-13-4-2-3-5-14(13)18(24)22(16)10-11-6-12(23)7-11/h2-5,9,11,16H,6-8,10H2,1H3. The first-order chi connectivity index (χ1) is 11.5. The highest BCUT2D eigenvalue weighted by Gasteiger charge is 2.40. The zero-order valence-electron chi connectivity index (χ0n) is 13.4. The van der Waals surface area contributed by atoms with Crippen molar-refractivity contribution in [3.63, 3.8) is 0 Å². The van der Waals surface area contributed by atoms with Gasteiger partial charge in [0.25, 0.3) is 5.91 Å².